The second-order valence-corrected chi connectivity index (χ2v) is 13.2. The number of rotatable bonds is 16. The van der Waals surface area contributed by atoms with E-state index in [2.05, 4.69) is 10.3 Å². The van der Waals surface area contributed by atoms with Gasteiger partial charge in [0.15, 0.2) is 6.39 Å². The Kier molecular flexibility index (Phi) is 12.9. The third kappa shape index (κ3) is 7.41. The van der Waals surface area contributed by atoms with Crippen molar-refractivity contribution in [3.05, 3.63) is 78.6 Å². The van der Waals surface area contributed by atoms with E-state index in [9.17, 15) is 29.7 Å². The molecule has 4 N–H and O–H groups in total. The fourth-order valence-corrected chi connectivity index (χ4v) is 6.61. The molecule has 3 heterocycles. The molecule has 0 aliphatic carbocycles. The second kappa shape index (κ2) is 16.0. The lowest BCUT2D eigenvalue weighted by atomic mass is 9.65. The molecule has 2 aliphatic heterocycles. The van der Waals surface area contributed by atoms with Crippen molar-refractivity contribution in [2.75, 3.05) is 20.7 Å². The van der Waals surface area contributed by atoms with Gasteiger partial charge in [0, 0.05) is 27.1 Å². The van der Waals surface area contributed by atoms with Gasteiger partial charge in [0.25, 0.3) is 0 Å². The summed E-state index contributed by atoms with van der Waals surface area (Å²) in [6, 6.07) is 0. The number of aromatic nitrogens is 1. The molecule has 5 unspecified atom stereocenters. The summed E-state index contributed by atoms with van der Waals surface area (Å²) in [4.78, 5) is 43.7. The lowest BCUT2D eigenvalue weighted by Crippen LogP contribution is -2.80. The first-order valence-corrected chi connectivity index (χ1v) is 16.2. The number of hydrogen-bond donors (Lipinski definition) is 4. The Bertz CT molecular complexity index is 1430. The van der Waals surface area contributed by atoms with Crippen LogP contribution in [0.25, 0.3) is 0 Å². The van der Waals surface area contributed by atoms with Crippen LogP contribution in [-0.4, -0.2) is 99.2 Å². The monoisotopic (exact) mass is 669 g/mol. The van der Waals surface area contributed by atoms with E-state index in [1.165, 1.54) is 25.5 Å². The van der Waals surface area contributed by atoms with Crippen molar-refractivity contribution in [3.8, 4) is 0 Å². The number of oxazole rings is 1. The molecule has 12 heteroatoms. The molecule has 2 aliphatic rings. The van der Waals surface area contributed by atoms with Gasteiger partial charge in [0.05, 0.1) is 35.8 Å². The van der Waals surface area contributed by atoms with E-state index in [0.717, 1.165) is 5.76 Å². The topological polar surface area (TPSA) is 172 Å². The Hall–Kier alpha value is -3.84. The number of methoxy groups -OCH3 is 1. The quantitative estimate of drug-likeness (QED) is 0.152. The first kappa shape index (κ1) is 38.6. The highest BCUT2D eigenvalue weighted by atomic mass is 16.6. The highest BCUT2D eigenvalue weighted by molar-refractivity contribution is 5.99. The fourth-order valence-electron chi connectivity index (χ4n) is 6.61. The first-order chi connectivity index (χ1) is 22.6. The zero-order valence-electron chi connectivity index (χ0n) is 29.1. The molecule has 48 heavy (non-hydrogen) atoms. The maximum Gasteiger partial charge on any atom is 0.339 e. The minimum absolute atomic E-state index is 0.160. The molecule has 0 bridgehead atoms. The lowest BCUT2D eigenvalue weighted by Gasteiger charge is -2.55. The molecule has 12 nitrogen and oxygen atoms in total. The van der Waals surface area contributed by atoms with Gasteiger partial charge >= 0.3 is 5.97 Å². The van der Waals surface area contributed by atoms with E-state index in [1.54, 1.807) is 84.2 Å². The average molecular weight is 670 g/mol. The van der Waals surface area contributed by atoms with E-state index < -0.39 is 58.8 Å². The van der Waals surface area contributed by atoms with E-state index in [1.807, 2.05) is 18.2 Å². The molecule has 8 atom stereocenters. The van der Waals surface area contributed by atoms with Gasteiger partial charge in [0.1, 0.15) is 17.5 Å². The van der Waals surface area contributed by atoms with Crippen LogP contribution in [0.3, 0.4) is 0 Å². The predicted molar refractivity (Wildman–Crippen MR) is 179 cm³/mol. The van der Waals surface area contributed by atoms with Crippen molar-refractivity contribution in [3.63, 3.8) is 0 Å². The number of amides is 2. The Morgan fingerprint density at radius 1 is 1.17 bits per heavy atom. The number of ether oxygens (including phenoxy) is 2. The second-order valence-electron chi connectivity index (χ2n) is 13.2. The number of carbonyl (C=O) groups is 3. The minimum Gasteiger partial charge on any atom is -0.457 e. The summed E-state index contributed by atoms with van der Waals surface area (Å²) in [7, 11) is 2.89. The molecule has 1 aromatic heterocycles. The first-order valence-electron chi connectivity index (χ1n) is 16.2. The van der Waals surface area contributed by atoms with Crippen LogP contribution in [0.4, 0.5) is 0 Å². The number of cyclic esters (lactones) is 1. The largest absolute Gasteiger partial charge is 0.457 e. The number of likely N-dealkylation sites (tertiary alicyclic amines) is 1. The molecular formula is C36H51N3O9. The van der Waals surface area contributed by atoms with Crippen molar-refractivity contribution in [2.24, 2.45) is 17.3 Å². The highest BCUT2D eigenvalue weighted by Crippen LogP contribution is 2.54. The van der Waals surface area contributed by atoms with Crippen LogP contribution in [0, 0.1) is 17.3 Å². The van der Waals surface area contributed by atoms with Crippen LogP contribution in [0.2, 0.25) is 0 Å². The lowest BCUT2D eigenvalue weighted by molar-refractivity contribution is -0.255. The van der Waals surface area contributed by atoms with Crippen LogP contribution in [0.15, 0.2) is 77.3 Å². The van der Waals surface area contributed by atoms with Gasteiger partial charge in [-0.3, -0.25) is 9.59 Å². The van der Waals surface area contributed by atoms with Crippen molar-refractivity contribution < 1.29 is 43.6 Å². The van der Waals surface area contributed by atoms with Crippen LogP contribution in [-0.2, 0) is 30.3 Å². The number of carbonyl (C=O) groups excluding carboxylic acids is 3. The summed E-state index contributed by atoms with van der Waals surface area (Å²) >= 11 is 0. The normalized spacial score (nSPS) is 27.7. The van der Waals surface area contributed by atoms with Gasteiger partial charge in [-0.25, -0.2) is 9.78 Å². The minimum atomic E-state index is -1.86. The summed E-state index contributed by atoms with van der Waals surface area (Å²) in [5, 5.41) is 36.5. The fraction of sp³-hybridized carbons (Fsp3) is 0.556. The third-order valence-corrected chi connectivity index (χ3v) is 9.78. The Morgan fingerprint density at radius 2 is 1.85 bits per heavy atom. The molecule has 0 aromatic carbocycles. The average Bonchev–Trinajstić information content (AvgIpc) is 3.63. The van der Waals surface area contributed by atoms with Crippen molar-refractivity contribution >= 4 is 17.8 Å². The summed E-state index contributed by atoms with van der Waals surface area (Å²) < 4.78 is 16.0. The van der Waals surface area contributed by atoms with Crippen LogP contribution in [0.1, 0.15) is 53.7 Å². The number of aliphatic hydroxyl groups is 3. The zero-order valence-corrected chi connectivity index (χ0v) is 29.1. The predicted octanol–water partition coefficient (Wildman–Crippen LogP) is 2.82. The highest BCUT2D eigenvalue weighted by Gasteiger charge is 2.80. The number of likely N-dealkylation sites (N-methyl/N-ethyl adjacent to an activating group) is 1. The number of hydrogen-bond acceptors (Lipinski definition) is 10. The zero-order chi connectivity index (χ0) is 35.9. The Balaban J connectivity index is 1.50. The standard InChI is InChI=1S/C36H51N3O9/c1-23(16-12-9-10-13-17-27-21-37-22-47-27)30(41)34(5,6)32(43)38-19-15-11-14-18-28(40)24(2)20-29(46-8)36(45)25(3)31(42)39(7)35(36)26(4)48-33(35)44/h9-16,18,21-22,24-26,28-30,40-41,45H,17,19-20H2,1-8H3,(H,38,43)/b12-9+,13-10+,15-11+,18-14+,23-16+/t24?,25-,26+,28?,29?,30?,35+,36?/m0/s1. The van der Waals surface area contributed by atoms with Gasteiger partial charge in [-0.1, -0.05) is 68.5 Å². The maximum absolute atomic E-state index is 12.9. The molecule has 3 rings (SSSR count). The number of nitrogens with zero attached hydrogens (tertiary/aromatic N) is 2. The van der Waals surface area contributed by atoms with Gasteiger partial charge in [-0.2, -0.15) is 0 Å². The molecule has 1 spiro atoms. The molecule has 264 valence electrons. The number of nitrogens with one attached hydrogen (secondary N) is 1. The van der Waals surface area contributed by atoms with E-state index in [0.29, 0.717) is 12.0 Å². The third-order valence-electron chi connectivity index (χ3n) is 9.78. The summed E-state index contributed by atoms with van der Waals surface area (Å²) in [6.07, 6.45) is 16.0. The summed E-state index contributed by atoms with van der Waals surface area (Å²) in [6.45, 7) is 10.3. The molecule has 2 saturated heterocycles. The van der Waals surface area contributed by atoms with Crippen molar-refractivity contribution in [2.45, 2.75) is 89.9 Å². The maximum atomic E-state index is 12.9. The number of esters is 1. The van der Waals surface area contributed by atoms with Crippen molar-refractivity contribution in [1.29, 1.82) is 0 Å². The molecular weight excluding hydrogens is 618 g/mol. The van der Waals surface area contributed by atoms with Crippen molar-refractivity contribution in [1.82, 2.24) is 15.2 Å². The number of aliphatic hydroxyl groups excluding tert-OH is 2. The molecule has 1 aromatic rings. The van der Waals surface area contributed by atoms with Gasteiger partial charge in [0.2, 0.25) is 17.4 Å². The number of allylic oxidation sites excluding steroid dienone is 7. The van der Waals surface area contributed by atoms with Gasteiger partial charge in [-0.05, 0) is 45.6 Å². The molecule has 2 amide bonds. The summed E-state index contributed by atoms with van der Waals surface area (Å²) in [5.74, 6) is -1.95. The molecule has 0 radical (unpaired) electrons. The van der Waals surface area contributed by atoms with E-state index in [-0.39, 0.29) is 24.8 Å². The SMILES string of the molecule is COC(CC(C)C(O)/C=C/C=C/CNC(=O)C(C)(C)C(O)/C(C)=C/C=C/C=C/Cc1cnco1)C1(O)[C@@H](C)C(=O)N(C)[C@]12C(=O)O[C@@H]2C. The van der Waals surface area contributed by atoms with E-state index >= 15 is 0 Å². The van der Waals surface area contributed by atoms with Crippen LogP contribution >= 0.6 is 0 Å². The molecule has 0 saturated carbocycles. The Morgan fingerprint density at radius 3 is 2.46 bits per heavy atom. The molecule has 2 fully saturated rings. The van der Waals surface area contributed by atoms with Gasteiger partial charge in [-0.15, -0.1) is 0 Å². The van der Waals surface area contributed by atoms with E-state index in [4.69, 9.17) is 13.9 Å². The Labute approximate surface area is 282 Å². The smallest absolute Gasteiger partial charge is 0.339 e. The summed E-state index contributed by atoms with van der Waals surface area (Å²) in [5.41, 5.74) is -3.87. The van der Waals surface area contributed by atoms with Crippen LogP contribution < -0.4 is 5.32 Å². The van der Waals surface area contributed by atoms with Crippen LogP contribution in [0.5, 0.6) is 0 Å². The van der Waals surface area contributed by atoms with Gasteiger partial charge < -0.3 is 39.4 Å².